The molecule has 7 nitrogen and oxygen atoms in total. The maximum absolute atomic E-state index is 13.5. The molecule has 0 aliphatic carbocycles. The summed E-state index contributed by atoms with van der Waals surface area (Å²) in [4.78, 5) is 9.50. The van der Waals surface area contributed by atoms with Crippen LogP contribution in [0, 0.1) is 21.7 Å². The van der Waals surface area contributed by atoms with Gasteiger partial charge < -0.3 is 5.73 Å². The highest BCUT2D eigenvalue weighted by atomic mass is 32.2. The van der Waals surface area contributed by atoms with Gasteiger partial charge in [-0.15, -0.1) is 0 Å². The van der Waals surface area contributed by atoms with E-state index in [1.807, 2.05) is 4.72 Å². The van der Waals surface area contributed by atoms with E-state index in [-0.39, 0.29) is 10.6 Å². The third-order valence-corrected chi connectivity index (χ3v) is 4.07. The number of halogens is 2. The Hall–Kier alpha value is -2.75. The normalized spacial score (nSPS) is 11.2. The summed E-state index contributed by atoms with van der Waals surface area (Å²) < 4.78 is 52.6. The van der Waals surface area contributed by atoms with Gasteiger partial charge in [0, 0.05) is 18.2 Å². The molecule has 0 radical (unpaired) electrons. The average molecular weight is 329 g/mol. The van der Waals surface area contributed by atoms with Crippen LogP contribution in [0.1, 0.15) is 0 Å². The van der Waals surface area contributed by atoms with Gasteiger partial charge in [-0.1, -0.05) is 0 Å². The molecule has 2 aromatic rings. The summed E-state index contributed by atoms with van der Waals surface area (Å²) in [5, 5.41) is 10.5. The van der Waals surface area contributed by atoms with Crippen molar-refractivity contribution in [1.82, 2.24) is 0 Å². The fraction of sp³-hybridized carbons (Fsp3) is 0. The zero-order chi connectivity index (χ0) is 16.5. The first kappa shape index (κ1) is 15.6. The van der Waals surface area contributed by atoms with Crippen molar-refractivity contribution in [3.63, 3.8) is 0 Å². The number of nitrogen functional groups attached to an aromatic ring is 1. The minimum absolute atomic E-state index is 0.295. The standard InChI is InChI=1S/C12H9F2N3O4S/c13-9-5-10(14)12(6-11(9)15)16-22(20,21)8-3-1-7(2-4-8)17(18)19/h1-6,16H,15H2. The third kappa shape index (κ3) is 3.11. The highest BCUT2D eigenvalue weighted by Crippen LogP contribution is 2.24. The first-order valence-electron chi connectivity index (χ1n) is 5.72. The lowest BCUT2D eigenvalue weighted by atomic mass is 10.2. The first-order chi connectivity index (χ1) is 10.2. The maximum Gasteiger partial charge on any atom is 0.269 e. The van der Waals surface area contributed by atoms with Gasteiger partial charge in [-0.2, -0.15) is 0 Å². The third-order valence-electron chi connectivity index (χ3n) is 2.69. The van der Waals surface area contributed by atoms with Gasteiger partial charge in [0.25, 0.3) is 15.7 Å². The molecule has 0 saturated heterocycles. The predicted molar refractivity (Wildman–Crippen MR) is 74.7 cm³/mol. The van der Waals surface area contributed by atoms with Crippen molar-refractivity contribution < 1.29 is 22.1 Å². The summed E-state index contributed by atoms with van der Waals surface area (Å²) >= 11 is 0. The van der Waals surface area contributed by atoms with Gasteiger partial charge >= 0.3 is 0 Å². The number of nitro groups is 1. The number of nitrogens with two attached hydrogens (primary N) is 1. The molecule has 0 saturated carbocycles. The van der Waals surface area contributed by atoms with Crippen molar-refractivity contribution in [2.45, 2.75) is 4.90 Å². The molecule has 3 N–H and O–H groups in total. The Kier molecular flexibility index (Phi) is 3.95. The van der Waals surface area contributed by atoms with Crippen LogP contribution in [0.4, 0.5) is 25.8 Å². The van der Waals surface area contributed by atoms with E-state index in [1.54, 1.807) is 0 Å². The van der Waals surface area contributed by atoms with Crippen molar-refractivity contribution in [1.29, 1.82) is 0 Å². The lowest BCUT2D eigenvalue weighted by molar-refractivity contribution is -0.384. The summed E-state index contributed by atoms with van der Waals surface area (Å²) in [7, 11) is -4.20. The van der Waals surface area contributed by atoms with Crippen LogP contribution in [0.25, 0.3) is 0 Å². The maximum atomic E-state index is 13.5. The highest BCUT2D eigenvalue weighted by molar-refractivity contribution is 7.92. The number of rotatable bonds is 4. The number of nitrogens with one attached hydrogen (secondary N) is 1. The monoisotopic (exact) mass is 329 g/mol. The summed E-state index contributed by atoms with van der Waals surface area (Å²) in [6, 6.07) is 5.21. The molecule has 2 aromatic carbocycles. The lowest BCUT2D eigenvalue weighted by Gasteiger charge is -2.10. The molecule has 2 rings (SSSR count). The van der Waals surface area contributed by atoms with Crippen LogP contribution >= 0.6 is 0 Å². The summed E-state index contributed by atoms with van der Waals surface area (Å²) in [6.07, 6.45) is 0. The number of anilines is 2. The Balaban J connectivity index is 2.35. The second kappa shape index (κ2) is 5.56. The van der Waals surface area contributed by atoms with Crippen molar-refractivity contribution in [3.8, 4) is 0 Å². The molecule has 116 valence electrons. The molecule has 10 heteroatoms. The molecule has 0 aliphatic rings. The molecular formula is C12H9F2N3O4S. The number of hydrogen-bond acceptors (Lipinski definition) is 5. The zero-order valence-electron chi connectivity index (χ0n) is 10.8. The SMILES string of the molecule is Nc1cc(NS(=O)(=O)c2ccc([N+](=O)[O-])cc2)c(F)cc1F. The number of sulfonamides is 1. The zero-order valence-corrected chi connectivity index (χ0v) is 11.6. The molecule has 0 aliphatic heterocycles. The molecule has 22 heavy (non-hydrogen) atoms. The van der Waals surface area contributed by atoms with E-state index < -0.39 is 38.0 Å². The first-order valence-corrected chi connectivity index (χ1v) is 7.21. The van der Waals surface area contributed by atoms with E-state index in [0.717, 1.165) is 30.3 Å². The summed E-state index contributed by atoms with van der Waals surface area (Å²) in [5.74, 6) is -2.16. The Morgan fingerprint density at radius 2 is 1.68 bits per heavy atom. The molecule has 0 heterocycles. The predicted octanol–water partition coefficient (Wildman–Crippen LogP) is 2.26. The number of hydrogen-bond donors (Lipinski definition) is 2. The second-order valence-corrected chi connectivity index (χ2v) is 5.89. The fourth-order valence-electron chi connectivity index (χ4n) is 1.59. The summed E-state index contributed by atoms with van der Waals surface area (Å²) in [6.45, 7) is 0. The number of nitro benzene ring substituents is 1. The Labute approximate surface area is 123 Å². The number of non-ortho nitro benzene ring substituents is 1. The van der Waals surface area contributed by atoms with Crippen LogP contribution in [0.5, 0.6) is 0 Å². The number of nitrogens with zero attached hydrogens (tertiary/aromatic N) is 1. The van der Waals surface area contributed by atoms with Crippen LogP contribution in [-0.4, -0.2) is 13.3 Å². The highest BCUT2D eigenvalue weighted by Gasteiger charge is 2.19. The Morgan fingerprint density at radius 3 is 2.23 bits per heavy atom. The average Bonchev–Trinajstić information content (AvgIpc) is 2.44. The van der Waals surface area contributed by atoms with Gasteiger partial charge in [0.1, 0.15) is 11.6 Å². The van der Waals surface area contributed by atoms with Gasteiger partial charge in [-0.3, -0.25) is 14.8 Å². The molecular weight excluding hydrogens is 320 g/mol. The van der Waals surface area contributed by atoms with Crippen LogP contribution in [0.3, 0.4) is 0 Å². The molecule has 0 spiro atoms. The number of benzene rings is 2. The van der Waals surface area contributed by atoms with E-state index in [2.05, 4.69) is 0 Å². The van der Waals surface area contributed by atoms with Crippen LogP contribution < -0.4 is 10.5 Å². The van der Waals surface area contributed by atoms with Gasteiger partial charge in [-0.05, 0) is 18.2 Å². The van der Waals surface area contributed by atoms with E-state index >= 15 is 0 Å². The van der Waals surface area contributed by atoms with Gasteiger partial charge in [0.2, 0.25) is 0 Å². The largest absolute Gasteiger partial charge is 0.396 e. The molecule has 0 bridgehead atoms. The van der Waals surface area contributed by atoms with Gasteiger partial charge in [0.05, 0.1) is 21.2 Å². The summed E-state index contributed by atoms with van der Waals surface area (Å²) in [5.41, 5.74) is 4.00. The minimum Gasteiger partial charge on any atom is -0.396 e. The smallest absolute Gasteiger partial charge is 0.269 e. The van der Waals surface area contributed by atoms with E-state index in [0.29, 0.717) is 6.07 Å². The molecule has 0 fully saturated rings. The molecule has 0 aromatic heterocycles. The topological polar surface area (TPSA) is 115 Å². The van der Waals surface area contributed by atoms with Crippen molar-refractivity contribution >= 4 is 27.1 Å². The van der Waals surface area contributed by atoms with Crippen molar-refractivity contribution in [2.24, 2.45) is 0 Å². The van der Waals surface area contributed by atoms with Crippen LogP contribution in [0.15, 0.2) is 41.3 Å². The molecule has 0 unspecified atom stereocenters. The Bertz CT molecular complexity index is 838. The molecule has 0 amide bonds. The van der Waals surface area contributed by atoms with Crippen LogP contribution in [-0.2, 0) is 10.0 Å². The van der Waals surface area contributed by atoms with Crippen molar-refractivity contribution in [3.05, 3.63) is 58.1 Å². The van der Waals surface area contributed by atoms with E-state index in [1.165, 1.54) is 0 Å². The van der Waals surface area contributed by atoms with Gasteiger partial charge in [-0.25, -0.2) is 17.2 Å². The fourth-order valence-corrected chi connectivity index (χ4v) is 2.65. The lowest BCUT2D eigenvalue weighted by Crippen LogP contribution is -2.14. The van der Waals surface area contributed by atoms with Gasteiger partial charge in [0.15, 0.2) is 0 Å². The van der Waals surface area contributed by atoms with Crippen molar-refractivity contribution in [2.75, 3.05) is 10.5 Å². The van der Waals surface area contributed by atoms with Crippen LogP contribution in [0.2, 0.25) is 0 Å². The second-order valence-electron chi connectivity index (χ2n) is 4.21. The minimum atomic E-state index is -4.20. The van der Waals surface area contributed by atoms with E-state index in [4.69, 9.17) is 5.73 Å². The quantitative estimate of drug-likeness (QED) is 0.507. The molecule has 0 atom stereocenters. The van der Waals surface area contributed by atoms with E-state index in [9.17, 15) is 27.3 Å². The Morgan fingerprint density at radius 1 is 1.09 bits per heavy atom.